The molecule has 1 aliphatic rings. The van der Waals surface area contributed by atoms with Gasteiger partial charge in [-0.3, -0.25) is 0 Å². The van der Waals surface area contributed by atoms with Gasteiger partial charge in [0.15, 0.2) is 0 Å². The highest BCUT2D eigenvalue weighted by molar-refractivity contribution is 6.75. The van der Waals surface area contributed by atoms with Crippen LogP contribution in [0.2, 0.25) is 0 Å². The van der Waals surface area contributed by atoms with E-state index in [9.17, 15) is 0 Å². The number of hydrogen-bond donors (Lipinski definition) is 0. The predicted octanol–water partition coefficient (Wildman–Crippen LogP) is -20.2. The van der Waals surface area contributed by atoms with Crippen molar-refractivity contribution in [2.24, 2.45) is 0 Å². The normalized spacial score (nSPS) is 15.3. The Balaban J connectivity index is 1.71. The summed E-state index contributed by atoms with van der Waals surface area (Å²) in [7, 11) is 36.8. The van der Waals surface area contributed by atoms with Crippen LogP contribution in [0.4, 0.5) is 0 Å². The molecule has 0 N–H and O–H groups in total. The zero-order valence-corrected chi connectivity index (χ0v) is 35.5. The molecule has 0 atom stereocenters. The summed E-state index contributed by atoms with van der Waals surface area (Å²) in [5, 5.41) is 5.67. The Kier molecular flexibility index (Phi) is 9.49. The van der Waals surface area contributed by atoms with Gasteiger partial charge in [-0.25, -0.2) is 0 Å². The summed E-state index contributed by atoms with van der Waals surface area (Å²) >= 11 is 0. The number of rotatable bonds is 3. The van der Waals surface area contributed by atoms with Crippen molar-refractivity contribution in [3.8, 4) is 22.3 Å². The van der Waals surface area contributed by atoms with Gasteiger partial charge in [0.2, 0.25) is 0 Å². The van der Waals surface area contributed by atoms with Gasteiger partial charge in [0, 0.05) is 0 Å². The van der Waals surface area contributed by atoms with Crippen molar-refractivity contribution in [2.45, 2.75) is 38.9 Å². The zero-order chi connectivity index (χ0) is 38.1. The summed E-state index contributed by atoms with van der Waals surface area (Å²) in [6, 6.07) is 2.38. The molecule has 19 heteroatoms. The molecule has 51 heavy (non-hydrogen) atoms. The number of fused-ring (bicyclic) bond motifs is 2. The van der Waals surface area contributed by atoms with Crippen molar-refractivity contribution in [3.63, 3.8) is 0 Å². The molecule has 1 aliphatic heterocycles. The lowest BCUT2D eigenvalue weighted by atomic mass is 9.55. The van der Waals surface area contributed by atoms with Gasteiger partial charge in [0.25, 0.3) is 0 Å². The molecular weight excluding hydrogens is 600 g/mol. The molecule has 6 rings (SSSR count). The van der Waals surface area contributed by atoms with Crippen LogP contribution in [0.25, 0.3) is 43.8 Å². The second kappa shape index (κ2) is 12.6. The quantitative estimate of drug-likeness (QED) is 0.182. The van der Waals surface area contributed by atoms with E-state index in [1.807, 2.05) is 0 Å². The van der Waals surface area contributed by atoms with E-state index in [2.05, 4.69) is 159 Å². The minimum Gasteiger partial charge on any atom is -0.399 e. The summed E-state index contributed by atoms with van der Waals surface area (Å²) in [5.41, 5.74) is 27.8. The molecular formula is C32H45B17O2. The SMILES string of the molecule is Bc1c(B2OC(C)(C)C(C)(C)O2)cc(-c2c(B)c(B)c3c(B)c(-c4c(B)c(B)c(B)c5c(B)c(B)c(B)c(B)c45)c(B)c(B)c3c2B)c(B)c1B. The van der Waals surface area contributed by atoms with Crippen LogP contribution in [0.1, 0.15) is 27.7 Å². The van der Waals surface area contributed by atoms with Crippen molar-refractivity contribution in [3.05, 3.63) is 6.07 Å². The Labute approximate surface area is 322 Å². The minimum absolute atomic E-state index is 0.396. The van der Waals surface area contributed by atoms with E-state index in [4.69, 9.17) is 9.31 Å². The van der Waals surface area contributed by atoms with Crippen LogP contribution in [-0.2, 0) is 9.31 Å². The van der Waals surface area contributed by atoms with Crippen molar-refractivity contribution in [2.75, 3.05) is 0 Å². The molecule has 0 aliphatic carbocycles. The molecule has 0 aromatic heterocycles. The average molecular weight is 646 g/mol. The van der Waals surface area contributed by atoms with Crippen molar-refractivity contribution in [1.82, 2.24) is 0 Å². The van der Waals surface area contributed by atoms with Gasteiger partial charge >= 0.3 is 7.12 Å². The Bertz CT molecular complexity index is 2380. The molecule has 236 valence electrons. The summed E-state index contributed by atoms with van der Waals surface area (Å²) in [4.78, 5) is 0. The fourth-order valence-electron chi connectivity index (χ4n) is 9.45. The molecule has 5 aromatic carbocycles. The molecule has 0 amide bonds. The summed E-state index contributed by atoms with van der Waals surface area (Å²) < 4.78 is 13.3. The highest BCUT2D eigenvalue weighted by Gasteiger charge is 2.52. The lowest BCUT2D eigenvalue weighted by Crippen LogP contribution is -2.55. The van der Waals surface area contributed by atoms with Crippen LogP contribution in [0.5, 0.6) is 0 Å². The maximum atomic E-state index is 6.64. The van der Waals surface area contributed by atoms with Gasteiger partial charge in [-0.15, -0.1) is 21.9 Å². The predicted molar refractivity (Wildman–Crippen MR) is 279 cm³/mol. The highest BCUT2D eigenvalue weighted by atomic mass is 16.7. The van der Waals surface area contributed by atoms with Crippen molar-refractivity contribution in [1.29, 1.82) is 0 Å². The zero-order valence-electron chi connectivity index (χ0n) is 35.5. The third-order valence-corrected chi connectivity index (χ3v) is 14.5. The Morgan fingerprint density at radius 1 is 0.353 bits per heavy atom. The molecule has 0 bridgehead atoms. The lowest BCUT2D eigenvalue weighted by Gasteiger charge is -2.32. The van der Waals surface area contributed by atoms with Gasteiger partial charge in [-0.05, 0) is 77.0 Å². The molecule has 0 unspecified atom stereocenters. The van der Waals surface area contributed by atoms with Gasteiger partial charge in [-0.2, -0.15) is 0 Å². The van der Waals surface area contributed by atoms with Gasteiger partial charge in [0.05, 0.1) is 11.2 Å². The van der Waals surface area contributed by atoms with Gasteiger partial charge in [-0.1, -0.05) is 71.6 Å². The number of hydrogen-bond acceptors (Lipinski definition) is 2. The fraction of sp³-hybridized carbons (Fsp3) is 0.188. The molecule has 1 fully saturated rings. The first kappa shape index (κ1) is 38.4. The van der Waals surface area contributed by atoms with Crippen LogP contribution in [0.3, 0.4) is 0 Å². The average Bonchev–Trinajstić information content (AvgIpc) is 3.28. The van der Waals surface area contributed by atoms with Crippen LogP contribution in [0.15, 0.2) is 6.07 Å². The molecule has 1 saturated heterocycles. The first-order valence-electron chi connectivity index (χ1n) is 19.0. The monoisotopic (exact) mass is 649 g/mol. The van der Waals surface area contributed by atoms with Crippen LogP contribution < -0.4 is 92.9 Å². The van der Waals surface area contributed by atoms with E-state index in [0.29, 0.717) is 0 Å². The summed E-state index contributed by atoms with van der Waals surface area (Å²) in [6.07, 6.45) is 0. The largest absolute Gasteiger partial charge is 0.494 e. The fourth-order valence-corrected chi connectivity index (χ4v) is 9.45. The van der Waals surface area contributed by atoms with E-state index in [1.165, 1.54) is 131 Å². The molecule has 2 nitrogen and oxygen atoms in total. The lowest BCUT2D eigenvalue weighted by molar-refractivity contribution is 0.00578. The Hall–Kier alpha value is -2.36. The Morgan fingerprint density at radius 2 is 0.686 bits per heavy atom. The minimum atomic E-state index is -0.403. The second-order valence-corrected chi connectivity index (χ2v) is 17.2. The molecule has 0 saturated carbocycles. The van der Waals surface area contributed by atoms with Crippen molar-refractivity contribution < 1.29 is 9.31 Å². The summed E-state index contributed by atoms with van der Waals surface area (Å²) in [6.45, 7) is 8.56. The molecule has 0 spiro atoms. The maximum absolute atomic E-state index is 6.64. The molecule has 5 aromatic rings. The van der Waals surface area contributed by atoms with Crippen molar-refractivity contribution >= 4 is 247 Å². The Morgan fingerprint density at radius 3 is 1.18 bits per heavy atom. The summed E-state index contributed by atoms with van der Waals surface area (Å²) in [5.74, 6) is 0. The van der Waals surface area contributed by atoms with Crippen LogP contribution in [-0.4, -0.2) is 144 Å². The third kappa shape index (κ3) is 5.32. The third-order valence-electron chi connectivity index (χ3n) is 14.5. The first-order valence-corrected chi connectivity index (χ1v) is 19.0. The maximum Gasteiger partial charge on any atom is 0.494 e. The second-order valence-electron chi connectivity index (χ2n) is 17.2. The van der Waals surface area contributed by atoms with E-state index < -0.39 is 18.3 Å². The number of benzene rings is 5. The van der Waals surface area contributed by atoms with E-state index in [1.54, 1.807) is 0 Å². The first-order chi connectivity index (χ1) is 23.5. The molecule has 1 heterocycles. The smallest absolute Gasteiger partial charge is 0.399 e. The van der Waals surface area contributed by atoms with Crippen LogP contribution >= 0.6 is 0 Å². The van der Waals surface area contributed by atoms with E-state index >= 15 is 0 Å². The van der Waals surface area contributed by atoms with E-state index in [-0.39, 0.29) is 0 Å². The van der Waals surface area contributed by atoms with Gasteiger partial charge in [0.1, 0.15) is 126 Å². The van der Waals surface area contributed by atoms with Gasteiger partial charge < -0.3 is 9.31 Å². The molecule has 0 radical (unpaired) electrons. The van der Waals surface area contributed by atoms with Crippen LogP contribution in [0, 0.1) is 0 Å². The standard InChI is InChI=1S/C32H45B17O2/c1-31(2)32(3,4)51-49(50-31)7-5-6(15(33)27(45)16(7)34)8-17(35)13-14(23(41)19(8)37)18(36)11(22(40)24(13)42)9-10-12(25(43)28(46)20(9)38)26(44)30(48)29(47)21(10)39/h5H,33-48H2,1-4H3. The highest BCUT2D eigenvalue weighted by Crippen LogP contribution is 2.36. The topological polar surface area (TPSA) is 18.5 Å². The van der Waals surface area contributed by atoms with E-state index in [0.717, 1.165) is 5.46 Å².